The summed E-state index contributed by atoms with van der Waals surface area (Å²) in [5.41, 5.74) is 0. The molecule has 19 heavy (non-hydrogen) atoms. The van der Waals surface area contributed by atoms with Gasteiger partial charge in [0.1, 0.15) is 0 Å². The number of carbonyl (C=O) groups is 1. The van der Waals surface area contributed by atoms with E-state index in [0.717, 1.165) is 43.9 Å². The number of nitrogens with zero attached hydrogens (tertiary/aromatic N) is 5. The third-order valence-corrected chi connectivity index (χ3v) is 4.11. The highest BCUT2D eigenvalue weighted by Gasteiger charge is 2.28. The number of hydrogen-bond acceptors (Lipinski definition) is 5. The van der Waals surface area contributed by atoms with Crippen molar-refractivity contribution in [1.82, 2.24) is 25.1 Å². The minimum absolute atomic E-state index is 0.172. The molecule has 7 heteroatoms. The van der Waals surface area contributed by atoms with E-state index >= 15 is 0 Å². The van der Waals surface area contributed by atoms with Crippen molar-refractivity contribution in [2.75, 3.05) is 18.8 Å². The minimum Gasteiger partial charge on any atom is -0.342 e. The number of thioether (sulfide) groups is 1. The van der Waals surface area contributed by atoms with Crippen molar-refractivity contribution < 1.29 is 4.79 Å². The normalized spacial score (nSPS) is 14.6. The number of carbonyl (C=O) groups excluding carboxylic acids is 1. The van der Waals surface area contributed by atoms with E-state index in [9.17, 15) is 4.79 Å². The van der Waals surface area contributed by atoms with Gasteiger partial charge < -0.3 is 4.90 Å². The van der Waals surface area contributed by atoms with Crippen LogP contribution in [0.4, 0.5) is 0 Å². The molecule has 0 unspecified atom stereocenters. The lowest BCUT2D eigenvalue weighted by Crippen LogP contribution is -2.33. The van der Waals surface area contributed by atoms with Crippen LogP contribution < -0.4 is 0 Å². The largest absolute Gasteiger partial charge is 0.342 e. The summed E-state index contributed by atoms with van der Waals surface area (Å²) in [6.07, 6.45) is 4.45. The molecule has 1 saturated carbocycles. The Morgan fingerprint density at radius 3 is 2.89 bits per heavy atom. The summed E-state index contributed by atoms with van der Waals surface area (Å²) in [6.45, 7) is 5.77. The number of tetrazole rings is 1. The molecule has 0 radical (unpaired) electrons. The van der Waals surface area contributed by atoms with Gasteiger partial charge in [-0.1, -0.05) is 25.1 Å². The second-order valence-electron chi connectivity index (χ2n) is 4.75. The van der Waals surface area contributed by atoms with Gasteiger partial charge in [0, 0.05) is 13.1 Å². The summed E-state index contributed by atoms with van der Waals surface area (Å²) in [5.74, 6) is 0.594. The minimum atomic E-state index is 0.172. The fraction of sp³-hybridized carbons (Fsp3) is 0.833. The Balaban J connectivity index is 1.83. The van der Waals surface area contributed by atoms with Gasteiger partial charge in [-0.3, -0.25) is 4.79 Å². The molecule has 0 N–H and O–H groups in total. The molecule has 0 aliphatic heterocycles. The van der Waals surface area contributed by atoms with Gasteiger partial charge in [-0.05, 0) is 36.6 Å². The molecule has 0 aromatic carbocycles. The monoisotopic (exact) mass is 283 g/mol. The Morgan fingerprint density at radius 1 is 1.47 bits per heavy atom. The lowest BCUT2D eigenvalue weighted by molar-refractivity contribution is -0.128. The predicted octanol–water partition coefficient (Wildman–Crippen LogP) is 1.75. The first-order valence-corrected chi connectivity index (χ1v) is 7.93. The Morgan fingerprint density at radius 2 is 2.26 bits per heavy atom. The third kappa shape index (κ3) is 3.92. The molecule has 106 valence electrons. The average Bonchev–Trinajstić information content (AvgIpc) is 3.16. The van der Waals surface area contributed by atoms with E-state index in [1.165, 1.54) is 11.8 Å². The van der Waals surface area contributed by atoms with Crippen molar-refractivity contribution >= 4 is 17.7 Å². The molecule has 1 aromatic heterocycles. The smallest absolute Gasteiger partial charge is 0.233 e. The van der Waals surface area contributed by atoms with Crippen LogP contribution in [0.2, 0.25) is 0 Å². The summed E-state index contributed by atoms with van der Waals surface area (Å²) in [5, 5.41) is 12.4. The SMILES string of the molecule is CCCCN(CC)C(=O)CSc1nnnn1C1CC1. The van der Waals surface area contributed by atoms with E-state index in [2.05, 4.69) is 22.4 Å². The third-order valence-electron chi connectivity index (χ3n) is 3.20. The van der Waals surface area contributed by atoms with E-state index < -0.39 is 0 Å². The van der Waals surface area contributed by atoms with Crippen LogP contribution in [-0.2, 0) is 4.79 Å². The number of unbranched alkanes of at least 4 members (excludes halogenated alkanes) is 1. The van der Waals surface area contributed by atoms with E-state index in [1.807, 2.05) is 16.5 Å². The van der Waals surface area contributed by atoms with E-state index in [1.54, 1.807) is 0 Å². The van der Waals surface area contributed by atoms with Crippen LogP contribution in [-0.4, -0.2) is 49.9 Å². The summed E-state index contributed by atoms with van der Waals surface area (Å²) >= 11 is 1.44. The standard InChI is InChI=1S/C12H21N5OS/c1-3-5-8-16(4-2)11(18)9-19-12-13-14-15-17(12)10-6-7-10/h10H,3-9H2,1-2H3. The Hall–Kier alpha value is -1.11. The zero-order valence-electron chi connectivity index (χ0n) is 11.6. The summed E-state index contributed by atoms with van der Waals surface area (Å²) in [6, 6.07) is 0.454. The highest BCUT2D eigenvalue weighted by atomic mass is 32.2. The quantitative estimate of drug-likeness (QED) is 0.680. The van der Waals surface area contributed by atoms with Crippen molar-refractivity contribution in [3.8, 4) is 0 Å². The highest BCUT2D eigenvalue weighted by molar-refractivity contribution is 7.99. The maximum Gasteiger partial charge on any atom is 0.233 e. The fourth-order valence-corrected chi connectivity index (χ4v) is 2.70. The highest BCUT2D eigenvalue weighted by Crippen LogP contribution is 2.36. The zero-order valence-corrected chi connectivity index (χ0v) is 12.4. The molecule has 1 heterocycles. The van der Waals surface area contributed by atoms with Gasteiger partial charge in [0.05, 0.1) is 11.8 Å². The summed E-state index contributed by atoms with van der Waals surface area (Å²) in [4.78, 5) is 14.0. The molecule has 2 rings (SSSR count). The molecule has 1 amide bonds. The maximum absolute atomic E-state index is 12.1. The second kappa shape index (κ2) is 6.88. The van der Waals surface area contributed by atoms with Crippen LogP contribution in [0, 0.1) is 0 Å². The Kier molecular flexibility index (Phi) is 5.18. The Labute approximate surface area is 117 Å². The van der Waals surface area contributed by atoms with Gasteiger partial charge in [-0.25, -0.2) is 4.68 Å². The van der Waals surface area contributed by atoms with Gasteiger partial charge in [0.15, 0.2) is 0 Å². The molecular formula is C12H21N5OS. The average molecular weight is 283 g/mol. The molecule has 0 bridgehead atoms. The first-order valence-electron chi connectivity index (χ1n) is 6.94. The number of aromatic nitrogens is 4. The van der Waals surface area contributed by atoms with Gasteiger partial charge >= 0.3 is 0 Å². The van der Waals surface area contributed by atoms with Crippen LogP contribution in [0.1, 0.15) is 45.6 Å². The maximum atomic E-state index is 12.1. The second-order valence-corrected chi connectivity index (χ2v) is 5.70. The molecule has 0 spiro atoms. The van der Waals surface area contributed by atoms with Crippen molar-refractivity contribution in [2.24, 2.45) is 0 Å². The Bertz CT molecular complexity index is 418. The van der Waals surface area contributed by atoms with Crippen molar-refractivity contribution in [1.29, 1.82) is 0 Å². The van der Waals surface area contributed by atoms with E-state index in [0.29, 0.717) is 11.8 Å². The van der Waals surface area contributed by atoms with Crippen LogP contribution >= 0.6 is 11.8 Å². The molecule has 6 nitrogen and oxygen atoms in total. The molecule has 1 aliphatic rings. The molecule has 0 atom stereocenters. The predicted molar refractivity (Wildman–Crippen MR) is 74.0 cm³/mol. The topological polar surface area (TPSA) is 63.9 Å². The zero-order chi connectivity index (χ0) is 13.7. The fourth-order valence-electron chi connectivity index (χ4n) is 1.85. The van der Waals surface area contributed by atoms with Crippen LogP contribution in [0.15, 0.2) is 5.16 Å². The van der Waals surface area contributed by atoms with Crippen LogP contribution in [0.5, 0.6) is 0 Å². The lowest BCUT2D eigenvalue weighted by atomic mass is 10.3. The van der Waals surface area contributed by atoms with E-state index in [-0.39, 0.29) is 5.91 Å². The van der Waals surface area contributed by atoms with Crippen molar-refractivity contribution in [2.45, 2.75) is 50.7 Å². The number of hydrogen-bond donors (Lipinski definition) is 0. The van der Waals surface area contributed by atoms with Gasteiger partial charge in [-0.2, -0.15) is 0 Å². The molecule has 0 saturated heterocycles. The molecular weight excluding hydrogens is 262 g/mol. The molecule has 1 aliphatic carbocycles. The molecule has 1 aromatic rings. The van der Waals surface area contributed by atoms with Gasteiger partial charge in [0.2, 0.25) is 11.1 Å². The van der Waals surface area contributed by atoms with Gasteiger partial charge in [0.25, 0.3) is 0 Å². The summed E-state index contributed by atoms with van der Waals surface area (Å²) in [7, 11) is 0. The first kappa shape index (κ1) is 14.3. The van der Waals surface area contributed by atoms with Crippen LogP contribution in [0.3, 0.4) is 0 Å². The molecule has 1 fully saturated rings. The van der Waals surface area contributed by atoms with Crippen molar-refractivity contribution in [3.05, 3.63) is 0 Å². The van der Waals surface area contributed by atoms with Crippen molar-refractivity contribution in [3.63, 3.8) is 0 Å². The summed E-state index contributed by atoms with van der Waals surface area (Å²) < 4.78 is 1.85. The van der Waals surface area contributed by atoms with Gasteiger partial charge in [-0.15, -0.1) is 5.10 Å². The lowest BCUT2D eigenvalue weighted by Gasteiger charge is -2.20. The van der Waals surface area contributed by atoms with Crippen LogP contribution in [0.25, 0.3) is 0 Å². The van der Waals surface area contributed by atoms with E-state index in [4.69, 9.17) is 0 Å². The first-order chi connectivity index (χ1) is 9.26. The number of rotatable bonds is 8. The number of amides is 1.